The minimum absolute atomic E-state index is 0.288. The maximum Gasteiger partial charge on any atom is 0.143 e. The molecule has 25 heavy (non-hydrogen) atoms. The third-order valence-electron chi connectivity index (χ3n) is 5.55. The summed E-state index contributed by atoms with van der Waals surface area (Å²) in [5.74, 6) is 1.12. The number of nitrogens with zero attached hydrogens (tertiary/aromatic N) is 3. The van der Waals surface area contributed by atoms with Gasteiger partial charge in [-0.1, -0.05) is 17.7 Å². The molecule has 4 nitrogen and oxygen atoms in total. The zero-order valence-corrected chi connectivity index (χ0v) is 16.0. The van der Waals surface area contributed by atoms with Crippen LogP contribution in [-0.4, -0.2) is 67.9 Å². The molecule has 0 atom stereocenters. The number of halogens is 1. The van der Waals surface area contributed by atoms with Crippen molar-refractivity contribution in [3.8, 4) is 0 Å². The highest BCUT2D eigenvalue weighted by Crippen LogP contribution is 2.23. The molecule has 0 bridgehead atoms. The molecule has 0 amide bonds. The smallest absolute Gasteiger partial charge is 0.143 e. The number of benzene rings is 1. The first kappa shape index (κ1) is 18.7. The Balaban J connectivity index is 1.35. The molecule has 0 aliphatic carbocycles. The van der Waals surface area contributed by atoms with Gasteiger partial charge in [0.15, 0.2) is 0 Å². The van der Waals surface area contributed by atoms with Gasteiger partial charge < -0.3 is 4.90 Å². The van der Waals surface area contributed by atoms with Crippen molar-refractivity contribution in [3.05, 3.63) is 29.3 Å². The number of rotatable bonds is 6. The molecule has 138 valence electrons. The van der Waals surface area contributed by atoms with Crippen molar-refractivity contribution in [2.75, 3.05) is 57.3 Å². The van der Waals surface area contributed by atoms with Gasteiger partial charge in [0.05, 0.1) is 6.54 Å². The Morgan fingerprint density at radius 1 is 1.08 bits per heavy atom. The van der Waals surface area contributed by atoms with Crippen LogP contribution in [0.3, 0.4) is 0 Å². The van der Waals surface area contributed by atoms with Crippen molar-refractivity contribution in [2.24, 2.45) is 5.92 Å². The van der Waals surface area contributed by atoms with Gasteiger partial charge in [0.25, 0.3) is 0 Å². The second-order valence-electron chi connectivity index (χ2n) is 7.52. The van der Waals surface area contributed by atoms with Gasteiger partial charge in [-0.25, -0.2) is 0 Å². The zero-order chi connectivity index (χ0) is 17.6. The maximum atomic E-state index is 11.2. The normalized spacial score (nSPS) is 20.8. The quantitative estimate of drug-likeness (QED) is 0.775. The van der Waals surface area contributed by atoms with E-state index in [1.54, 1.807) is 6.92 Å². The number of likely N-dealkylation sites (tertiary alicyclic amines) is 1. The lowest BCUT2D eigenvalue weighted by atomic mass is 9.93. The summed E-state index contributed by atoms with van der Waals surface area (Å²) >= 11 is 6.11. The Labute approximate surface area is 156 Å². The summed E-state index contributed by atoms with van der Waals surface area (Å²) in [6.45, 7) is 10.1. The molecule has 0 N–H and O–H groups in total. The molecular weight excluding hydrogens is 334 g/mol. The summed E-state index contributed by atoms with van der Waals surface area (Å²) in [7, 11) is 0. The van der Waals surface area contributed by atoms with Gasteiger partial charge >= 0.3 is 0 Å². The highest BCUT2D eigenvalue weighted by molar-refractivity contribution is 6.30. The summed E-state index contributed by atoms with van der Waals surface area (Å²) in [5, 5.41) is 0.816. The van der Waals surface area contributed by atoms with Crippen LogP contribution in [0.1, 0.15) is 26.2 Å². The van der Waals surface area contributed by atoms with Crippen LogP contribution in [0.2, 0.25) is 5.02 Å². The monoisotopic (exact) mass is 363 g/mol. The van der Waals surface area contributed by atoms with Gasteiger partial charge in [-0.2, -0.15) is 0 Å². The lowest BCUT2D eigenvalue weighted by Crippen LogP contribution is -2.47. The Bertz CT molecular complexity index is 564. The topological polar surface area (TPSA) is 26.8 Å². The van der Waals surface area contributed by atoms with Gasteiger partial charge in [0, 0.05) is 36.9 Å². The first-order valence-electron chi connectivity index (χ1n) is 9.55. The Hall–Kier alpha value is -1.10. The Morgan fingerprint density at radius 3 is 2.44 bits per heavy atom. The van der Waals surface area contributed by atoms with E-state index in [4.69, 9.17) is 11.6 Å². The molecule has 0 unspecified atom stereocenters. The van der Waals surface area contributed by atoms with E-state index in [1.165, 1.54) is 31.5 Å². The van der Waals surface area contributed by atoms with Crippen molar-refractivity contribution < 1.29 is 4.79 Å². The van der Waals surface area contributed by atoms with Crippen LogP contribution < -0.4 is 4.90 Å². The Kier molecular flexibility index (Phi) is 6.74. The fourth-order valence-corrected chi connectivity index (χ4v) is 4.20. The summed E-state index contributed by atoms with van der Waals surface area (Å²) in [4.78, 5) is 18.6. The summed E-state index contributed by atoms with van der Waals surface area (Å²) in [5.41, 5.74) is 1.24. The van der Waals surface area contributed by atoms with Gasteiger partial charge in [-0.05, 0) is 69.9 Å². The molecule has 1 aromatic rings. The first-order chi connectivity index (χ1) is 12.1. The van der Waals surface area contributed by atoms with E-state index < -0.39 is 0 Å². The second-order valence-corrected chi connectivity index (χ2v) is 7.96. The molecular formula is C20H30ClN3O. The maximum absolute atomic E-state index is 11.2. The molecule has 3 rings (SSSR count). The minimum atomic E-state index is 0.288. The van der Waals surface area contributed by atoms with E-state index in [0.29, 0.717) is 6.54 Å². The van der Waals surface area contributed by atoms with Gasteiger partial charge in [0.1, 0.15) is 5.78 Å². The average molecular weight is 364 g/mol. The number of Topliss-reactive ketones (excluding diaryl/α,β-unsaturated/α-hetero) is 1. The lowest BCUT2D eigenvalue weighted by molar-refractivity contribution is -0.118. The number of piperazine rings is 1. The van der Waals surface area contributed by atoms with Crippen LogP contribution in [0.15, 0.2) is 24.3 Å². The summed E-state index contributed by atoms with van der Waals surface area (Å²) in [6.07, 6.45) is 3.79. The molecule has 2 fully saturated rings. The SMILES string of the molecule is CC(=O)CN1CCC(CCN2CCN(c3cccc(Cl)c3)CC2)CC1. The van der Waals surface area contributed by atoms with E-state index in [0.717, 1.165) is 50.2 Å². The number of ketones is 1. The molecule has 2 aliphatic heterocycles. The molecule has 2 saturated heterocycles. The molecule has 5 heteroatoms. The van der Waals surface area contributed by atoms with E-state index in [1.807, 2.05) is 12.1 Å². The number of hydrogen-bond acceptors (Lipinski definition) is 4. The first-order valence-corrected chi connectivity index (χ1v) is 9.92. The predicted molar refractivity (Wildman–Crippen MR) is 105 cm³/mol. The van der Waals surface area contributed by atoms with Crippen LogP contribution in [0.5, 0.6) is 0 Å². The van der Waals surface area contributed by atoms with E-state index >= 15 is 0 Å². The molecule has 0 spiro atoms. The third-order valence-corrected chi connectivity index (χ3v) is 5.79. The molecule has 0 radical (unpaired) electrons. The van der Waals surface area contributed by atoms with E-state index in [9.17, 15) is 4.79 Å². The van der Waals surface area contributed by atoms with E-state index in [2.05, 4.69) is 26.8 Å². The number of anilines is 1. The van der Waals surface area contributed by atoms with Crippen LogP contribution in [0.4, 0.5) is 5.69 Å². The van der Waals surface area contributed by atoms with Crippen LogP contribution in [0, 0.1) is 5.92 Å². The van der Waals surface area contributed by atoms with Crippen molar-refractivity contribution in [3.63, 3.8) is 0 Å². The van der Waals surface area contributed by atoms with Crippen molar-refractivity contribution in [1.29, 1.82) is 0 Å². The van der Waals surface area contributed by atoms with Crippen LogP contribution in [0.25, 0.3) is 0 Å². The standard InChI is InChI=1S/C20H30ClN3O/c1-17(25)16-23-9-6-18(7-10-23)5-8-22-11-13-24(14-12-22)20-4-2-3-19(21)15-20/h2-4,15,18H,5-14,16H2,1H3. The van der Waals surface area contributed by atoms with Crippen LogP contribution >= 0.6 is 11.6 Å². The van der Waals surface area contributed by atoms with Crippen LogP contribution in [-0.2, 0) is 4.79 Å². The number of hydrogen-bond donors (Lipinski definition) is 0. The molecule has 1 aromatic carbocycles. The fraction of sp³-hybridized carbons (Fsp3) is 0.650. The van der Waals surface area contributed by atoms with E-state index in [-0.39, 0.29) is 5.78 Å². The third kappa shape index (κ3) is 5.70. The fourth-order valence-electron chi connectivity index (χ4n) is 4.02. The summed E-state index contributed by atoms with van der Waals surface area (Å²) < 4.78 is 0. The van der Waals surface area contributed by atoms with Crippen molar-refractivity contribution in [1.82, 2.24) is 9.80 Å². The molecule has 0 saturated carbocycles. The molecule has 2 heterocycles. The van der Waals surface area contributed by atoms with Crippen molar-refractivity contribution in [2.45, 2.75) is 26.2 Å². The number of piperidine rings is 1. The molecule has 0 aromatic heterocycles. The number of carbonyl (C=O) groups excluding carboxylic acids is 1. The Morgan fingerprint density at radius 2 is 1.80 bits per heavy atom. The second kappa shape index (κ2) is 9.02. The number of carbonyl (C=O) groups is 1. The van der Waals surface area contributed by atoms with Gasteiger partial charge in [-0.3, -0.25) is 14.6 Å². The highest BCUT2D eigenvalue weighted by atomic mass is 35.5. The summed E-state index contributed by atoms with van der Waals surface area (Å²) in [6, 6.07) is 8.17. The minimum Gasteiger partial charge on any atom is -0.369 e. The lowest BCUT2D eigenvalue weighted by Gasteiger charge is -2.37. The van der Waals surface area contributed by atoms with Crippen molar-refractivity contribution >= 4 is 23.1 Å². The van der Waals surface area contributed by atoms with Gasteiger partial charge in [-0.15, -0.1) is 0 Å². The van der Waals surface area contributed by atoms with Gasteiger partial charge in [0.2, 0.25) is 0 Å². The molecule has 2 aliphatic rings. The predicted octanol–water partition coefficient (Wildman–Crippen LogP) is 3.15. The highest BCUT2D eigenvalue weighted by Gasteiger charge is 2.22. The largest absolute Gasteiger partial charge is 0.369 e. The average Bonchev–Trinajstić information content (AvgIpc) is 2.61. The zero-order valence-electron chi connectivity index (χ0n) is 15.3.